The highest BCUT2D eigenvalue weighted by Crippen LogP contribution is 2.34. The summed E-state index contributed by atoms with van der Waals surface area (Å²) in [5, 5.41) is -0.287. The van der Waals surface area contributed by atoms with Gasteiger partial charge in [-0.3, -0.25) is 9.10 Å². The third-order valence-electron chi connectivity index (χ3n) is 4.18. The van der Waals surface area contributed by atoms with Crippen LogP contribution >= 0.6 is 11.6 Å². The quantitative estimate of drug-likeness (QED) is 0.448. The van der Waals surface area contributed by atoms with Crippen LogP contribution in [0.25, 0.3) is 0 Å². The van der Waals surface area contributed by atoms with Crippen molar-refractivity contribution in [1.82, 2.24) is 0 Å². The molecule has 0 aliphatic carbocycles. The molecule has 2 rings (SSSR count). The van der Waals surface area contributed by atoms with E-state index in [4.69, 9.17) is 22.1 Å². The van der Waals surface area contributed by atoms with Gasteiger partial charge in [0.2, 0.25) is 0 Å². The van der Waals surface area contributed by atoms with Crippen LogP contribution in [-0.2, 0) is 25.7 Å². The second-order valence-corrected chi connectivity index (χ2v) is 8.71. The zero-order valence-corrected chi connectivity index (χ0v) is 18.2. The summed E-state index contributed by atoms with van der Waals surface area (Å²) in [6, 6.07) is 6.88. The van der Waals surface area contributed by atoms with Crippen molar-refractivity contribution < 1.29 is 35.9 Å². The fraction of sp³-hybridized carbons (Fsp3) is 0.200. The number of carbonyl (C=O) groups is 2. The minimum Gasteiger partial charge on any atom is -0.449 e. The van der Waals surface area contributed by atoms with E-state index < -0.39 is 44.6 Å². The Morgan fingerprint density at radius 1 is 1.25 bits per heavy atom. The standard InChI is InChI=1S/C20H18ClF3N2O5S/c1-3-9-26(15-6-4-5-14(11-15)20(22,23)24)32(29,30)17-10-13(7-8-16(17)21)19(28)31-12(2)18(25)27/h3-8,10-12H,1,9H2,2H3,(H2,25,27). The number of benzene rings is 2. The maximum Gasteiger partial charge on any atom is 0.416 e. The molecule has 1 unspecified atom stereocenters. The van der Waals surface area contributed by atoms with Crippen LogP contribution in [0.2, 0.25) is 5.02 Å². The minimum atomic E-state index is -4.70. The van der Waals surface area contributed by atoms with Gasteiger partial charge in [0.25, 0.3) is 15.9 Å². The molecule has 0 aliphatic rings. The molecule has 12 heteroatoms. The number of nitrogens with zero attached hydrogens (tertiary/aromatic N) is 1. The molecule has 2 aromatic carbocycles. The van der Waals surface area contributed by atoms with E-state index in [2.05, 4.69) is 6.58 Å². The number of amides is 1. The maximum atomic E-state index is 13.3. The molecular weight excluding hydrogens is 473 g/mol. The molecular formula is C20H18ClF3N2O5S. The molecule has 172 valence electrons. The third-order valence-corrected chi connectivity index (χ3v) is 6.45. The first-order valence-electron chi connectivity index (χ1n) is 8.89. The lowest BCUT2D eigenvalue weighted by molar-refractivity contribution is -0.137. The molecule has 0 saturated carbocycles. The lowest BCUT2D eigenvalue weighted by atomic mass is 10.2. The van der Waals surface area contributed by atoms with Crippen molar-refractivity contribution >= 4 is 39.2 Å². The van der Waals surface area contributed by atoms with Gasteiger partial charge < -0.3 is 10.5 Å². The molecule has 32 heavy (non-hydrogen) atoms. The smallest absolute Gasteiger partial charge is 0.416 e. The molecule has 0 heterocycles. The second kappa shape index (κ2) is 9.61. The van der Waals surface area contributed by atoms with Crippen LogP contribution in [0.3, 0.4) is 0 Å². The molecule has 0 radical (unpaired) electrons. The van der Waals surface area contributed by atoms with Gasteiger partial charge in [-0.25, -0.2) is 13.2 Å². The maximum absolute atomic E-state index is 13.3. The molecule has 2 N–H and O–H groups in total. The molecule has 0 saturated heterocycles. The first-order valence-corrected chi connectivity index (χ1v) is 10.7. The molecule has 1 amide bonds. The van der Waals surface area contributed by atoms with Crippen molar-refractivity contribution in [2.75, 3.05) is 10.8 Å². The van der Waals surface area contributed by atoms with Crippen LogP contribution in [0, 0.1) is 0 Å². The van der Waals surface area contributed by atoms with Crippen LogP contribution in [0.15, 0.2) is 60.0 Å². The number of nitrogens with two attached hydrogens (primary N) is 1. The van der Waals surface area contributed by atoms with E-state index in [1.54, 1.807) is 0 Å². The van der Waals surface area contributed by atoms with Crippen molar-refractivity contribution in [3.05, 3.63) is 71.3 Å². The van der Waals surface area contributed by atoms with E-state index in [1.807, 2.05) is 0 Å². The van der Waals surface area contributed by atoms with Crippen LogP contribution < -0.4 is 10.0 Å². The number of esters is 1. The lowest BCUT2D eigenvalue weighted by Gasteiger charge is -2.24. The summed E-state index contributed by atoms with van der Waals surface area (Å²) in [4.78, 5) is 22.8. The molecule has 0 spiro atoms. The van der Waals surface area contributed by atoms with Crippen molar-refractivity contribution in [1.29, 1.82) is 0 Å². The van der Waals surface area contributed by atoms with Gasteiger partial charge in [0.05, 0.1) is 28.4 Å². The van der Waals surface area contributed by atoms with Gasteiger partial charge in [-0.05, 0) is 43.3 Å². The van der Waals surface area contributed by atoms with Crippen molar-refractivity contribution in [3.8, 4) is 0 Å². The number of rotatable bonds is 8. The normalized spacial score (nSPS) is 12.7. The van der Waals surface area contributed by atoms with Crippen LogP contribution in [0.1, 0.15) is 22.8 Å². The predicted molar refractivity (Wildman–Crippen MR) is 112 cm³/mol. The monoisotopic (exact) mass is 490 g/mol. The second-order valence-electron chi connectivity index (χ2n) is 6.47. The van der Waals surface area contributed by atoms with Crippen LogP contribution in [-0.4, -0.2) is 32.9 Å². The highest BCUT2D eigenvalue weighted by Gasteiger charge is 2.33. The minimum absolute atomic E-state index is 0.260. The number of halogens is 4. The van der Waals surface area contributed by atoms with E-state index in [-0.39, 0.29) is 22.8 Å². The summed E-state index contributed by atoms with van der Waals surface area (Å²) in [5.74, 6) is -1.96. The largest absolute Gasteiger partial charge is 0.449 e. The Kier molecular flexibility index (Phi) is 7.58. The van der Waals surface area contributed by atoms with Gasteiger partial charge in [-0.15, -0.1) is 6.58 Å². The summed E-state index contributed by atoms with van der Waals surface area (Å²) < 4.78 is 71.4. The Hall–Kier alpha value is -3.05. The number of sulfonamides is 1. The van der Waals surface area contributed by atoms with Crippen LogP contribution in [0.5, 0.6) is 0 Å². The number of primary amides is 1. The number of alkyl halides is 3. The van der Waals surface area contributed by atoms with Gasteiger partial charge in [-0.1, -0.05) is 23.7 Å². The first kappa shape index (κ1) is 25.2. The van der Waals surface area contributed by atoms with E-state index in [0.717, 1.165) is 24.3 Å². The molecule has 0 bridgehead atoms. The summed E-state index contributed by atoms with van der Waals surface area (Å²) in [6.07, 6.45) is -4.79. The summed E-state index contributed by atoms with van der Waals surface area (Å²) in [6.45, 7) is 4.29. The highest BCUT2D eigenvalue weighted by molar-refractivity contribution is 7.93. The van der Waals surface area contributed by atoms with Gasteiger partial charge >= 0.3 is 12.1 Å². The number of ether oxygens (including phenoxy) is 1. The summed E-state index contributed by atoms with van der Waals surface area (Å²) >= 11 is 6.04. The molecule has 7 nitrogen and oxygen atoms in total. The zero-order valence-electron chi connectivity index (χ0n) is 16.6. The Morgan fingerprint density at radius 3 is 2.47 bits per heavy atom. The molecule has 0 aromatic heterocycles. The average molecular weight is 491 g/mol. The van der Waals surface area contributed by atoms with Gasteiger partial charge in [0.1, 0.15) is 4.90 Å². The van der Waals surface area contributed by atoms with Crippen molar-refractivity contribution in [2.24, 2.45) is 5.73 Å². The Balaban J connectivity index is 2.55. The lowest BCUT2D eigenvalue weighted by Crippen LogP contribution is -2.32. The van der Waals surface area contributed by atoms with Gasteiger partial charge in [0, 0.05) is 0 Å². The first-order chi connectivity index (χ1) is 14.8. The molecule has 0 fully saturated rings. The van der Waals surface area contributed by atoms with Crippen molar-refractivity contribution in [2.45, 2.75) is 24.1 Å². The van der Waals surface area contributed by atoms with Gasteiger partial charge in [0.15, 0.2) is 6.10 Å². The Morgan fingerprint density at radius 2 is 1.91 bits per heavy atom. The molecule has 1 atom stereocenters. The van der Waals surface area contributed by atoms with Crippen molar-refractivity contribution in [3.63, 3.8) is 0 Å². The zero-order chi connectivity index (χ0) is 24.3. The SMILES string of the molecule is C=CCN(c1cccc(C(F)(F)F)c1)S(=O)(=O)c1cc(C(=O)OC(C)C(N)=O)ccc1Cl. The molecule has 2 aromatic rings. The third kappa shape index (κ3) is 5.60. The average Bonchev–Trinajstić information content (AvgIpc) is 2.71. The van der Waals surface area contributed by atoms with E-state index >= 15 is 0 Å². The number of hydrogen-bond donors (Lipinski definition) is 1. The molecule has 0 aliphatic heterocycles. The fourth-order valence-electron chi connectivity index (χ4n) is 2.53. The van der Waals surface area contributed by atoms with Crippen LogP contribution in [0.4, 0.5) is 18.9 Å². The predicted octanol–water partition coefficient (Wildman–Crippen LogP) is 3.77. The Bertz CT molecular complexity index is 1150. The van der Waals surface area contributed by atoms with E-state index in [0.29, 0.717) is 10.4 Å². The number of anilines is 1. The topological polar surface area (TPSA) is 107 Å². The summed E-state index contributed by atoms with van der Waals surface area (Å²) in [7, 11) is -4.55. The summed E-state index contributed by atoms with van der Waals surface area (Å²) in [5.41, 5.74) is 3.44. The highest BCUT2D eigenvalue weighted by atomic mass is 35.5. The van der Waals surface area contributed by atoms with E-state index in [1.165, 1.54) is 25.1 Å². The number of hydrogen-bond acceptors (Lipinski definition) is 5. The van der Waals surface area contributed by atoms with E-state index in [9.17, 15) is 31.2 Å². The number of carbonyl (C=O) groups excluding carboxylic acids is 2. The van der Waals surface area contributed by atoms with Gasteiger partial charge in [-0.2, -0.15) is 13.2 Å². The Labute approximate surface area is 187 Å². The fourth-order valence-corrected chi connectivity index (χ4v) is 4.46.